The van der Waals surface area contributed by atoms with E-state index in [1.54, 1.807) is 31.4 Å². The number of carbonyl (C=O) groups excluding carboxylic acids is 1. The lowest BCUT2D eigenvalue weighted by molar-refractivity contribution is -0.140. The second kappa shape index (κ2) is 7.38. The molecule has 0 fully saturated rings. The summed E-state index contributed by atoms with van der Waals surface area (Å²) < 4.78 is 20.7. The molecule has 29 heavy (non-hydrogen) atoms. The zero-order valence-electron chi connectivity index (χ0n) is 15.9. The van der Waals surface area contributed by atoms with Crippen molar-refractivity contribution in [1.82, 2.24) is 4.98 Å². The van der Waals surface area contributed by atoms with Crippen LogP contribution in [0.5, 0.6) is 23.0 Å². The molecule has 1 aliphatic rings. The molecule has 0 radical (unpaired) electrons. The van der Waals surface area contributed by atoms with Crippen molar-refractivity contribution in [3.63, 3.8) is 0 Å². The van der Waals surface area contributed by atoms with E-state index >= 15 is 0 Å². The number of aromatic hydroxyl groups is 1. The highest BCUT2D eigenvalue weighted by atomic mass is 16.7. The third kappa shape index (κ3) is 3.44. The van der Waals surface area contributed by atoms with E-state index in [0.717, 1.165) is 5.39 Å². The number of phenolic OH excluding ortho intramolecular Hbond substituents is 1. The highest BCUT2D eigenvalue weighted by Gasteiger charge is 2.28. The van der Waals surface area contributed by atoms with Crippen LogP contribution in [-0.4, -0.2) is 37.1 Å². The largest absolute Gasteiger partial charge is 0.508 e. The summed E-state index contributed by atoms with van der Waals surface area (Å²) in [6.07, 6.45) is -0.131. The molecule has 0 unspecified atom stereocenters. The van der Waals surface area contributed by atoms with E-state index in [0.29, 0.717) is 33.9 Å². The van der Waals surface area contributed by atoms with Crippen molar-refractivity contribution in [2.75, 3.05) is 21.0 Å². The Morgan fingerprint density at radius 3 is 2.62 bits per heavy atom. The first-order valence-corrected chi connectivity index (χ1v) is 8.90. The maximum absolute atomic E-state index is 12.9. The lowest BCUT2D eigenvalue weighted by Crippen LogP contribution is -2.20. The van der Waals surface area contributed by atoms with E-state index in [9.17, 15) is 14.7 Å². The molecule has 3 aromatic rings. The first-order chi connectivity index (χ1) is 14.0. The van der Waals surface area contributed by atoms with Crippen molar-refractivity contribution in [3.8, 4) is 23.0 Å². The van der Waals surface area contributed by atoms with E-state index in [2.05, 4.69) is 4.98 Å². The number of hydrogen-bond donors (Lipinski definition) is 2. The highest BCUT2D eigenvalue weighted by Crippen LogP contribution is 2.42. The van der Waals surface area contributed by atoms with Crippen LogP contribution in [0.4, 0.5) is 0 Å². The number of aromatic nitrogens is 1. The van der Waals surface area contributed by atoms with Gasteiger partial charge in [-0.05, 0) is 29.7 Å². The Hall–Kier alpha value is -3.68. The zero-order chi connectivity index (χ0) is 20.5. The number of methoxy groups -OCH3 is 2. The Kier molecular flexibility index (Phi) is 4.75. The molecule has 0 amide bonds. The molecule has 1 atom stereocenters. The van der Waals surface area contributed by atoms with E-state index in [4.69, 9.17) is 18.9 Å². The zero-order valence-corrected chi connectivity index (χ0v) is 15.9. The third-order valence-corrected chi connectivity index (χ3v) is 4.95. The molecule has 1 aromatic heterocycles. The molecule has 1 aliphatic heterocycles. The fraction of sp³-hybridized carbons (Fsp3) is 0.238. The molecule has 0 saturated heterocycles. The van der Waals surface area contributed by atoms with Gasteiger partial charge in [0.2, 0.25) is 6.79 Å². The molecule has 0 saturated carbocycles. The monoisotopic (exact) mass is 397 g/mol. The van der Waals surface area contributed by atoms with E-state index in [-0.39, 0.29) is 24.5 Å². The number of esters is 1. The van der Waals surface area contributed by atoms with Gasteiger partial charge >= 0.3 is 5.97 Å². The second-order valence-corrected chi connectivity index (χ2v) is 6.60. The molecule has 2 heterocycles. The van der Waals surface area contributed by atoms with Gasteiger partial charge in [0.25, 0.3) is 5.56 Å². The fourth-order valence-corrected chi connectivity index (χ4v) is 3.45. The Labute approximate surface area is 165 Å². The highest BCUT2D eigenvalue weighted by molar-refractivity contribution is 5.81. The van der Waals surface area contributed by atoms with Crippen molar-refractivity contribution in [2.45, 2.75) is 12.3 Å². The van der Waals surface area contributed by atoms with Gasteiger partial charge in [0.1, 0.15) is 11.5 Å². The van der Waals surface area contributed by atoms with Gasteiger partial charge in [0, 0.05) is 29.2 Å². The van der Waals surface area contributed by atoms with Crippen LogP contribution in [0.25, 0.3) is 10.9 Å². The van der Waals surface area contributed by atoms with Crippen LogP contribution in [0.2, 0.25) is 0 Å². The Bertz CT molecular complexity index is 1150. The number of hydrogen-bond acceptors (Lipinski definition) is 7. The van der Waals surface area contributed by atoms with Gasteiger partial charge in [-0.1, -0.05) is 0 Å². The molecule has 8 nitrogen and oxygen atoms in total. The number of pyridine rings is 1. The number of H-pyrrole nitrogens is 1. The van der Waals surface area contributed by atoms with Crippen molar-refractivity contribution in [1.29, 1.82) is 0 Å². The molecule has 0 spiro atoms. The van der Waals surface area contributed by atoms with Crippen LogP contribution in [0.1, 0.15) is 23.5 Å². The van der Waals surface area contributed by atoms with Gasteiger partial charge in [-0.3, -0.25) is 9.59 Å². The Morgan fingerprint density at radius 1 is 1.14 bits per heavy atom. The normalized spacial score (nSPS) is 13.3. The van der Waals surface area contributed by atoms with Crippen LogP contribution in [0.15, 0.2) is 41.2 Å². The fourth-order valence-electron chi connectivity index (χ4n) is 3.45. The predicted molar refractivity (Wildman–Crippen MR) is 104 cm³/mol. The van der Waals surface area contributed by atoms with Crippen LogP contribution in [0, 0.1) is 0 Å². The molecule has 150 valence electrons. The second-order valence-electron chi connectivity index (χ2n) is 6.60. The van der Waals surface area contributed by atoms with Crippen molar-refractivity contribution < 1.29 is 28.8 Å². The smallest absolute Gasteiger partial charge is 0.306 e. The lowest BCUT2D eigenvalue weighted by atomic mass is 9.87. The summed E-state index contributed by atoms with van der Waals surface area (Å²) >= 11 is 0. The number of carbonyl (C=O) groups is 1. The molecule has 0 aliphatic carbocycles. The minimum atomic E-state index is -0.743. The predicted octanol–water partition coefficient (Wildman–Crippen LogP) is 2.67. The van der Waals surface area contributed by atoms with Crippen LogP contribution >= 0.6 is 0 Å². The maximum atomic E-state index is 12.9. The number of benzene rings is 2. The minimum Gasteiger partial charge on any atom is -0.508 e. The molecule has 0 bridgehead atoms. The summed E-state index contributed by atoms with van der Waals surface area (Å²) in [7, 11) is 2.82. The summed E-state index contributed by atoms with van der Waals surface area (Å²) in [5, 5.41) is 11.3. The van der Waals surface area contributed by atoms with Gasteiger partial charge < -0.3 is 29.0 Å². The van der Waals surface area contributed by atoms with Crippen LogP contribution in [-0.2, 0) is 9.53 Å². The molecule has 8 heteroatoms. The van der Waals surface area contributed by atoms with Gasteiger partial charge in [-0.2, -0.15) is 0 Å². The number of aromatic amines is 1. The number of phenols is 1. The Morgan fingerprint density at radius 2 is 1.90 bits per heavy atom. The van der Waals surface area contributed by atoms with Gasteiger partial charge in [0.05, 0.1) is 26.2 Å². The van der Waals surface area contributed by atoms with Crippen LogP contribution in [0.3, 0.4) is 0 Å². The Balaban J connectivity index is 1.87. The van der Waals surface area contributed by atoms with Crippen molar-refractivity contribution in [3.05, 3.63) is 57.9 Å². The van der Waals surface area contributed by atoms with Gasteiger partial charge in [0.15, 0.2) is 11.5 Å². The maximum Gasteiger partial charge on any atom is 0.306 e. The standard InChI is InChI=1S/C21H19NO7/c1-26-12-4-3-11-5-15(21(25)22-16(11)6-12)13(8-20(24)27-2)14-7-18-19(9-17(14)23)29-10-28-18/h3-7,9,13,23H,8,10H2,1-2H3,(H,22,25)/t13-/m1/s1. The first-order valence-electron chi connectivity index (χ1n) is 8.90. The first kappa shape index (κ1) is 18.7. The van der Waals surface area contributed by atoms with E-state index < -0.39 is 11.9 Å². The SMILES string of the molecule is COC(=O)C[C@H](c1cc2c(cc1O)OCO2)c1cc2ccc(OC)cc2[nH]c1=O. The third-order valence-electron chi connectivity index (χ3n) is 4.95. The molecule has 2 N–H and O–H groups in total. The quantitative estimate of drug-likeness (QED) is 0.638. The molecular formula is C21H19NO7. The summed E-state index contributed by atoms with van der Waals surface area (Å²) in [5.74, 6) is 0.100. The number of fused-ring (bicyclic) bond motifs is 2. The average Bonchev–Trinajstić information content (AvgIpc) is 3.17. The molecule has 2 aromatic carbocycles. The summed E-state index contributed by atoms with van der Waals surface area (Å²) in [6.45, 7) is 0.0400. The van der Waals surface area contributed by atoms with Gasteiger partial charge in [-0.15, -0.1) is 0 Å². The lowest BCUT2D eigenvalue weighted by Gasteiger charge is -2.18. The van der Waals surface area contributed by atoms with Crippen molar-refractivity contribution >= 4 is 16.9 Å². The van der Waals surface area contributed by atoms with Crippen molar-refractivity contribution in [2.24, 2.45) is 0 Å². The minimum absolute atomic E-state index is 0.0400. The van der Waals surface area contributed by atoms with Crippen LogP contribution < -0.4 is 19.8 Å². The summed E-state index contributed by atoms with van der Waals surface area (Å²) in [4.78, 5) is 27.8. The van der Waals surface area contributed by atoms with E-state index in [1.807, 2.05) is 6.07 Å². The topological polar surface area (TPSA) is 107 Å². The number of ether oxygens (including phenoxy) is 4. The van der Waals surface area contributed by atoms with E-state index in [1.165, 1.54) is 13.2 Å². The average molecular weight is 397 g/mol. The number of nitrogens with one attached hydrogen (secondary N) is 1. The van der Waals surface area contributed by atoms with Gasteiger partial charge in [-0.25, -0.2) is 0 Å². The summed E-state index contributed by atoms with van der Waals surface area (Å²) in [5.41, 5.74) is 0.918. The molecule has 4 rings (SSSR count). The number of rotatable bonds is 5. The molecular weight excluding hydrogens is 378 g/mol. The summed E-state index contributed by atoms with van der Waals surface area (Å²) in [6, 6.07) is 10.0.